The number of piperidine rings is 1. The van der Waals surface area contributed by atoms with E-state index < -0.39 is 0 Å². The number of hydrogen-bond acceptors (Lipinski definition) is 2. The zero-order valence-corrected chi connectivity index (χ0v) is 10.9. The molecule has 0 aromatic carbocycles. The second-order valence-electron chi connectivity index (χ2n) is 5.91. The van der Waals surface area contributed by atoms with Gasteiger partial charge in [0.2, 0.25) is 0 Å². The van der Waals surface area contributed by atoms with E-state index >= 15 is 0 Å². The maximum atomic E-state index is 5.78. The molecule has 90 valence electrons. The van der Waals surface area contributed by atoms with Crippen molar-refractivity contribution in [3.8, 4) is 0 Å². The Hall–Kier alpha value is -0.0800. The summed E-state index contributed by atoms with van der Waals surface area (Å²) in [6, 6.07) is 0. The van der Waals surface area contributed by atoms with E-state index in [1.807, 2.05) is 0 Å². The van der Waals surface area contributed by atoms with Crippen molar-refractivity contribution in [1.82, 2.24) is 4.90 Å². The first kappa shape index (κ1) is 13.0. The average Bonchev–Trinajstić information content (AvgIpc) is 2.14. The maximum Gasteiger partial charge on any atom is 0.0599 e. The van der Waals surface area contributed by atoms with Gasteiger partial charge in [-0.2, -0.15) is 0 Å². The Balaban J connectivity index is 2.18. The predicted molar refractivity (Wildman–Crippen MR) is 65.2 cm³/mol. The van der Waals surface area contributed by atoms with E-state index in [1.54, 1.807) is 0 Å². The van der Waals surface area contributed by atoms with Crippen LogP contribution in [0.1, 0.15) is 47.0 Å². The number of ether oxygens (including phenoxy) is 1. The molecule has 1 heterocycles. The molecule has 0 unspecified atom stereocenters. The van der Waals surface area contributed by atoms with Gasteiger partial charge in [-0.05, 0) is 24.7 Å². The second kappa shape index (κ2) is 5.86. The molecule has 0 saturated carbocycles. The molecule has 0 spiro atoms. The Bertz CT molecular complexity index is 166. The molecule has 0 amide bonds. The van der Waals surface area contributed by atoms with E-state index in [1.165, 1.54) is 32.5 Å². The van der Waals surface area contributed by atoms with Gasteiger partial charge in [0, 0.05) is 26.2 Å². The molecular weight excluding hydrogens is 186 g/mol. The molecule has 15 heavy (non-hydrogen) atoms. The largest absolute Gasteiger partial charge is 0.378 e. The molecular formula is C13H27NO. The highest BCUT2D eigenvalue weighted by Crippen LogP contribution is 2.20. The summed E-state index contributed by atoms with van der Waals surface area (Å²) < 4.78 is 5.78. The minimum Gasteiger partial charge on any atom is -0.378 e. The highest BCUT2D eigenvalue weighted by atomic mass is 16.5. The van der Waals surface area contributed by atoms with Gasteiger partial charge >= 0.3 is 0 Å². The van der Waals surface area contributed by atoms with Crippen LogP contribution >= 0.6 is 0 Å². The summed E-state index contributed by atoms with van der Waals surface area (Å²) in [6.45, 7) is 13.7. The van der Waals surface area contributed by atoms with Crippen molar-refractivity contribution in [2.75, 3.05) is 26.2 Å². The number of likely N-dealkylation sites (tertiary alicyclic amines) is 1. The summed E-state index contributed by atoms with van der Waals surface area (Å²) in [7, 11) is 0. The van der Waals surface area contributed by atoms with Crippen LogP contribution in [-0.2, 0) is 4.74 Å². The molecule has 0 N–H and O–H groups in total. The average molecular weight is 213 g/mol. The molecule has 1 aliphatic rings. The second-order valence-corrected chi connectivity index (χ2v) is 5.91. The van der Waals surface area contributed by atoms with Crippen LogP contribution in [0, 0.1) is 5.41 Å². The SMILES string of the molecule is CCCOC1CCN(CC(C)(C)C)CC1. The molecule has 0 aromatic heterocycles. The zero-order valence-electron chi connectivity index (χ0n) is 10.9. The summed E-state index contributed by atoms with van der Waals surface area (Å²) in [5.74, 6) is 0. The van der Waals surface area contributed by atoms with Crippen LogP contribution in [0.25, 0.3) is 0 Å². The molecule has 1 saturated heterocycles. The van der Waals surface area contributed by atoms with Crippen molar-refractivity contribution < 1.29 is 4.74 Å². The lowest BCUT2D eigenvalue weighted by molar-refractivity contribution is 0.00190. The molecule has 0 radical (unpaired) electrons. The van der Waals surface area contributed by atoms with Crippen molar-refractivity contribution in [1.29, 1.82) is 0 Å². The lowest BCUT2D eigenvalue weighted by atomic mass is 9.94. The summed E-state index contributed by atoms with van der Waals surface area (Å²) >= 11 is 0. The fourth-order valence-electron chi connectivity index (χ4n) is 2.19. The number of rotatable bonds is 4. The van der Waals surface area contributed by atoms with Crippen LogP contribution in [0.4, 0.5) is 0 Å². The van der Waals surface area contributed by atoms with Gasteiger partial charge in [-0.25, -0.2) is 0 Å². The maximum absolute atomic E-state index is 5.78. The highest BCUT2D eigenvalue weighted by Gasteiger charge is 2.22. The van der Waals surface area contributed by atoms with Crippen molar-refractivity contribution in [3.63, 3.8) is 0 Å². The van der Waals surface area contributed by atoms with Crippen LogP contribution in [0.3, 0.4) is 0 Å². The van der Waals surface area contributed by atoms with E-state index in [4.69, 9.17) is 4.74 Å². The normalized spacial score (nSPS) is 20.8. The third-order valence-corrected chi connectivity index (χ3v) is 2.79. The van der Waals surface area contributed by atoms with Gasteiger partial charge in [0.15, 0.2) is 0 Å². The summed E-state index contributed by atoms with van der Waals surface area (Å²) in [6.07, 6.45) is 4.11. The van der Waals surface area contributed by atoms with Crippen LogP contribution in [0.2, 0.25) is 0 Å². The molecule has 0 aliphatic carbocycles. The van der Waals surface area contributed by atoms with Crippen molar-refractivity contribution in [2.24, 2.45) is 5.41 Å². The van der Waals surface area contributed by atoms with Gasteiger partial charge in [0.25, 0.3) is 0 Å². The lowest BCUT2D eigenvalue weighted by Crippen LogP contribution is -2.41. The van der Waals surface area contributed by atoms with Crippen LogP contribution in [0.5, 0.6) is 0 Å². The molecule has 1 rings (SSSR count). The van der Waals surface area contributed by atoms with Crippen LogP contribution in [-0.4, -0.2) is 37.2 Å². The highest BCUT2D eigenvalue weighted by molar-refractivity contribution is 4.76. The molecule has 1 fully saturated rings. The molecule has 2 heteroatoms. The Morgan fingerprint density at radius 2 is 1.80 bits per heavy atom. The molecule has 0 aromatic rings. The van der Waals surface area contributed by atoms with Crippen molar-refractivity contribution >= 4 is 0 Å². The Morgan fingerprint density at radius 1 is 1.20 bits per heavy atom. The Morgan fingerprint density at radius 3 is 2.27 bits per heavy atom. The standard InChI is InChI=1S/C13H27NO/c1-5-10-15-12-6-8-14(9-7-12)11-13(2,3)4/h12H,5-11H2,1-4H3. The van der Waals surface area contributed by atoms with Crippen molar-refractivity contribution in [2.45, 2.75) is 53.1 Å². The molecule has 2 nitrogen and oxygen atoms in total. The summed E-state index contributed by atoms with van der Waals surface area (Å²) in [4.78, 5) is 2.58. The topological polar surface area (TPSA) is 12.5 Å². The van der Waals surface area contributed by atoms with Crippen molar-refractivity contribution in [3.05, 3.63) is 0 Å². The van der Waals surface area contributed by atoms with E-state index in [0.29, 0.717) is 11.5 Å². The smallest absolute Gasteiger partial charge is 0.0599 e. The lowest BCUT2D eigenvalue weighted by Gasteiger charge is -2.35. The fraction of sp³-hybridized carbons (Fsp3) is 1.00. The summed E-state index contributed by atoms with van der Waals surface area (Å²) in [5.41, 5.74) is 0.428. The minimum absolute atomic E-state index is 0.428. The first-order chi connectivity index (χ1) is 7.01. The Kier molecular flexibility index (Phi) is 5.07. The van der Waals surface area contributed by atoms with E-state index in [9.17, 15) is 0 Å². The quantitative estimate of drug-likeness (QED) is 0.712. The van der Waals surface area contributed by atoms with Gasteiger partial charge < -0.3 is 9.64 Å². The molecule has 0 atom stereocenters. The van der Waals surface area contributed by atoms with E-state index in [2.05, 4.69) is 32.6 Å². The van der Waals surface area contributed by atoms with Gasteiger partial charge in [-0.1, -0.05) is 27.7 Å². The number of hydrogen-bond donors (Lipinski definition) is 0. The van der Waals surface area contributed by atoms with Gasteiger partial charge in [-0.3, -0.25) is 0 Å². The summed E-state index contributed by atoms with van der Waals surface area (Å²) in [5, 5.41) is 0. The Labute approximate surface area is 95.0 Å². The van der Waals surface area contributed by atoms with E-state index in [-0.39, 0.29) is 0 Å². The third kappa shape index (κ3) is 5.53. The fourth-order valence-corrected chi connectivity index (χ4v) is 2.19. The van der Waals surface area contributed by atoms with Gasteiger partial charge in [0.1, 0.15) is 0 Å². The molecule has 1 aliphatic heterocycles. The first-order valence-electron chi connectivity index (χ1n) is 6.35. The minimum atomic E-state index is 0.428. The van der Waals surface area contributed by atoms with Crippen LogP contribution < -0.4 is 0 Å². The first-order valence-corrected chi connectivity index (χ1v) is 6.35. The van der Waals surface area contributed by atoms with Crippen LogP contribution in [0.15, 0.2) is 0 Å². The number of nitrogens with zero attached hydrogens (tertiary/aromatic N) is 1. The van der Waals surface area contributed by atoms with E-state index in [0.717, 1.165) is 13.0 Å². The third-order valence-electron chi connectivity index (χ3n) is 2.79. The monoisotopic (exact) mass is 213 g/mol. The van der Waals surface area contributed by atoms with Gasteiger partial charge in [-0.15, -0.1) is 0 Å². The van der Waals surface area contributed by atoms with Gasteiger partial charge in [0.05, 0.1) is 6.10 Å². The molecule has 0 bridgehead atoms. The zero-order chi connectivity index (χ0) is 11.3. The predicted octanol–water partition coefficient (Wildman–Crippen LogP) is 2.92.